The zero-order chi connectivity index (χ0) is 31.7. The molecule has 13 heteroatoms. The van der Waals surface area contributed by atoms with E-state index in [1.165, 1.54) is 0 Å². The fraction of sp³-hybridized carbons (Fsp3) is 0.452. The van der Waals surface area contributed by atoms with Crippen LogP contribution in [0.4, 0.5) is 4.79 Å². The first-order valence-electron chi connectivity index (χ1n) is 14.4. The molecule has 0 radical (unpaired) electrons. The van der Waals surface area contributed by atoms with Crippen molar-refractivity contribution in [1.82, 2.24) is 25.4 Å². The fourth-order valence-electron chi connectivity index (χ4n) is 4.55. The number of aryl methyl sites for hydroxylation is 1. The summed E-state index contributed by atoms with van der Waals surface area (Å²) in [5.74, 6) is 1.73. The van der Waals surface area contributed by atoms with Gasteiger partial charge < -0.3 is 29.6 Å². The van der Waals surface area contributed by atoms with Gasteiger partial charge in [-0.3, -0.25) is 14.4 Å². The summed E-state index contributed by atoms with van der Waals surface area (Å²) in [5, 5.41) is 14.9. The van der Waals surface area contributed by atoms with Gasteiger partial charge in [-0.1, -0.05) is 23.7 Å². The van der Waals surface area contributed by atoms with Crippen molar-refractivity contribution in [2.24, 2.45) is 4.99 Å². The number of amides is 2. The molecule has 2 amide bonds. The Hall–Kier alpha value is -4.00. The lowest BCUT2D eigenvalue weighted by atomic mass is 10.00. The lowest BCUT2D eigenvalue weighted by molar-refractivity contribution is -0.121. The third-order valence-electron chi connectivity index (χ3n) is 6.48. The van der Waals surface area contributed by atoms with Gasteiger partial charge in [0, 0.05) is 29.2 Å². The highest BCUT2D eigenvalue weighted by Gasteiger charge is 2.30. The van der Waals surface area contributed by atoms with Crippen molar-refractivity contribution in [2.45, 2.75) is 45.8 Å². The first-order valence-corrected chi connectivity index (χ1v) is 14.8. The molecule has 1 aromatic heterocycles. The van der Waals surface area contributed by atoms with Gasteiger partial charge in [0.1, 0.15) is 23.2 Å². The van der Waals surface area contributed by atoms with Crippen LogP contribution in [0, 0.1) is 6.92 Å². The number of ether oxygens (including phenoxy) is 4. The molecule has 1 atom stereocenters. The lowest BCUT2D eigenvalue weighted by Crippen LogP contribution is -2.34. The number of nitrogens with zero attached hydrogens (tertiary/aromatic N) is 4. The molecular formula is C31H39ClN6O6. The van der Waals surface area contributed by atoms with Crippen LogP contribution in [-0.4, -0.2) is 84.7 Å². The monoisotopic (exact) mass is 626 g/mol. The van der Waals surface area contributed by atoms with Crippen molar-refractivity contribution in [1.29, 1.82) is 0 Å². The molecule has 12 nitrogen and oxygen atoms in total. The van der Waals surface area contributed by atoms with E-state index in [1.807, 2.05) is 54.0 Å². The number of nitrogens with one attached hydrogen (secondary N) is 2. The molecule has 1 aliphatic heterocycles. The van der Waals surface area contributed by atoms with Gasteiger partial charge >= 0.3 is 6.09 Å². The highest BCUT2D eigenvalue weighted by Crippen LogP contribution is 2.34. The Morgan fingerprint density at radius 1 is 0.955 bits per heavy atom. The second-order valence-electron chi connectivity index (χ2n) is 11.0. The van der Waals surface area contributed by atoms with E-state index in [2.05, 4.69) is 20.8 Å². The van der Waals surface area contributed by atoms with Gasteiger partial charge in [-0.25, -0.2) is 4.79 Å². The SMILES string of the molecule is COc1ccc2c(c1)C(c1ccc(Cl)cc1)=NC(CC(=O)NCCOCCOCCNC(=O)OC(C)(C)C)c1nnc(C)n1-2. The van der Waals surface area contributed by atoms with Crippen molar-refractivity contribution < 1.29 is 28.5 Å². The molecule has 0 spiro atoms. The second-order valence-corrected chi connectivity index (χ2v) is 11.5. The summed E-state index contributed by atoms with van der Waals surface area (Å²) in [6, 6.07) is 12.6. The molecule has 1 unspecified atom stereocenters. The van der Waals surface area contributed by atoms with Crippen LogP contribution in [0.2, 0.25) is 5.02 Å². The van der Waals surface area contributed by atoms with Crippen LogP contribution in [-0.2, 0) is 19.0 Å². The standard InChI is InChI=1S/C31H39ClN6O6/c1-20-36-37-29-25(19-27(39)33-12-14-42-16-17-43-15-13-34-30(40)44-31(2,3)4)35-28(21-6-8-22(32)9-7-21)24-18-23(41-5)10-11-26(24)38(20)29/h6-11,18,25H,12-17,19H2,1-5H3,(H,33,39)(H,34,40). The number of aliphatic imine (C=N–C) groups is 1. The fourth-order valence-corrected chi connectivity index (χ4v) is 4.67. The Bertz CT molecular complexity index is 1470. The topological polar surface area (TPSA) is 138 Å². The predicted octanol–water partition coefficient (Wildman–Crippen LogP) is 4.19. The summed E-state index contributed by atoms with van der Waals surface area (Å²) in [4.78, 5) is 29.7. The average Bonchev–Trinajstić information content (AvgIpc) is 3.30. The van der Waals surface area contributed by atoms with Gasteiger partial charge in [0.15, 0.2) is 5.82 Å². The molecule has 2 aromatic carbocycles. The van der Waals surface area contributed by atoms with E-state index < -0.39 is 17.7 Å². The highest BCUT2D eigenvalue weighted by atomic mass is 35.5. The maximum Gasteiger partial charge on any atom is 0.407 e. The summed E-state index contributed by atoms with van der Waals surface area (Å²) in [5.41, 5.74) is 2.67. The molecule has 2 N–H and O–H groups in total. The van der Waals surface area contributed by atoms with Crippen LogP contribution in [0.25, 0.3) is 5.69 Å². The minimum atomic E-state index is -0.594. The molecule has 2 heterocycles. The Labute approximate surface area is 262 Å². The Morgan fingerprint density at radius 3 is 2.30 bits per heavy atom. The minimum Gasteiger partial charge on any atom is -0.497 e. The third kappa shape index (κ3) is 9.01. The predicted molar refractivity (Wildman–Crippen MR) is 166 cm³/mol. The number of hydrogen-bond donors (Lipinski definition) is 2. The normalized spacial score (nSPS) is 14.1. The van der Waals surface area contributed by atoms with E-state index in [0.717, 1.165) is 16.8 Å². The van der Waals surface area contributed by atoms with Gasteiger partial charge in [-0.05, 0) is 58.0 Å². The molecule has 0 saturated heterocycles. The number of halogens is 1. The second kappa shape index (κ2) is 15.1. The summed E-state index contributed by atoms with van der Waals surface area (Å²) in [7, 11) is 1.61. The van der Waals surface area contributed by atoms with E-state index in [0.29, 0.717) is 67.6 Å². The van der Waals surface area contributed by atoms with Crippen molar-refractivity contribution in [3.63, 3.8) is 0 Å². The smallest absolute Gasteiger partial charge is 0.407 e. The number of rotatable bonds is 13. The number of methoxy groups -OCH3 is 1. The first kappa shape index (κ1) is 32.9. The van der Waals surface area contributed by atoms with Crippen LogP contribution in [0.5, 0.6) is 5.75 Å². The Balaban J connectivity index is 1.32. The Morgan fingerprint density at radius 2 is 1.64 bits per heavy atom. The van der Waals surface area contributed by atoms with Crippen molar-refractivity contribution >= 4 is 29.3 Å². The Kier molecular flexibility index (Phi) is 11.3. The highest BCUT2D eigenvalue weighted by molar-refractivity contribution is 6.30. The minimum absolute atomic E-state index is 0.0636. The molecule has 0 saturated carbocycles. The summed E-state index contributed by atoms with van der Waals surface area (Å²) in [6.07, 6.45) is -0.419. The number of aromatic nitrogens is 3. The van der Waals surface area contributed by atoms with Crippen LogP contribution in [0.3, 0.4) is 0 Å². The molecule has 236 valence electrons. The molecule has 3 aromatic rings. The zero-order valence-electron chi connectivity index (χ0n) is 25.7. The van der Waals surface area contributed by atoms with Gasteiger partial charge in [0.25, 0.3) is 0 Å². The van der Waals surface area contributed by atoms with Crippen LogP contribution in [0.1, 0.15) is 56.0 Å². The van der Waals surface area contributed by atoms with E-state index >= 15 is 0 Å². The van der Waals surface area contributed by atoms with Crippen LogP contribution < -0.4 is 15.4 Å². The van der Waals surface area contributed by atoms with Crippen LogP contribution in [0.15, 0.2) is 47.5 Å². The molecule has 0 fully saturated rings. The van der Waals surface area contributed by atoms with Gasteiger partial charge in [-0.2, -0.15) is 0 Å². The lowest BCUT2D eigenvalue weighted by Gasteiger charge is -2.19. The van der Waals surface area contributed by atoms with E-state index in [1.54, 1.807) is 27.9 Å². The van der Waals surface area contributed by atoms with Crippen molar-refractivity contribution in [3.05, 3.63) is 70.3 Å². The number of carbonyl (C=O) groups excluding carboxylic acids is 2. The zero-order valence-corrected chi connectivity index (χ0v) is 26.4. The maximum atomic E-state index is 13.0. The number of carbonyl (C=O) groups is 2. The summed E-state index contributed by atoms with van der Waals surface area (Å²) in [6.45, 7) is 9.29. The summed E-state index contributed by atoms with van der Waals surface area (Å²) >= 11 is 6.17. The molecule has 44 heavy (non-hydrogen) atoms. The number of fused-ring (bicyclic) bond motifs is 3. The molecule has 0 aliphatic carbocycles. The van der Waals surface area contributed by atoms with Crippen LogP contribution >= 0.6 is 11.6 Å². The quantitative estimate of drug-likeness (QED) is 0.269. The van der Waals surface area contributed by atoms with Gasteiger partial charge in [0.2, 0.25) is 5.91 Å². The van der Waals surface area contributed by atoms with E-state index in [-0.39, 0.29) is 12.3 Å². The van der Waals surface area contributed by atoms with Gasteiger partial charge in [-0.15, -0.1) is 10.2 Å². The van der Waals surface area contributed by atoms with Crippen molar-refractivity contribution in [2.75, 3.05) is 46.6 Å². The first-order chi connectivity index (χ1) is 21.1. The number of benzene rings is 2. The van der Waals surface area contributed by atoms with Gasteiger partial charge in [0.05, 0.1) is 51.4 Å². The molecule has 4 rings (SSSR count). The number of alkyl carbamates (subject to hydrolysis) is 1. The molecule has 1 aliphatic rings. The molecular weight excluding hydrogens is 588 g/mol. The average molecular weight is 627 g/mol. The third-order valence-corrected chi connectivity index (χ3v) is 6.74. The van der Waals surface area contributed by atoms with E-state index in [9.17, 15) is 9.59 Å². The largest absolute Gasteiger partial charge is 0.497 e. The van der Waals surface area contributed by atoms with Crippen molar-refractivity contribution in [3.8, 4) is 11.4 Å². The maximum absolute atomic E-state index is 13.0. The number of hydrogen-bond acceptors (Lipinski definition) is 9. The van der Waals surface area contributed by atoms with E-state index in [4.69, 9.17) is 35.5 Å². The molecule has 0 bridgehead atoms. The summed E-state index contributed by atoms with van der Waals surface area (Å²) < 4.78 is 23.6.